The van der Waals surface area contributed by atoms with Crippen LogP contribution in [0.3, 0.4) is 0 Å². The largest absolute Gasteiger partial charge is 0.508 e. The normalized spacial score (nSPS) is 10.3. The molecule has 1 N–H and O–H groups in total. The van der Waals surface area contributed by atoms with E-state index in [4.69, 9.17) is 5.11 Å². The van der Waals surface area contributed by atoms with Crippen molar-refractivity contribution >= 4 is 17.5 Å². The molecule has 0 unspecified atom stereocenters. The molecule has 16 heavy (non-hydrogen) atoms. The predicted octanol–water partition coefficient (Wildman–Crippen LogP) is 3.63. The van der Waals surface area contributed by atoms with Gasteiger partial charge in [0.15, 0.2) is 0 Å². The number of hydrogen-bond donors (Lipinski definition) is 1. The first-order valence-corrected chi connectivity index (χ1v) is 6.64. The van der Waals surface area contributed by atoms with Gasteiger partial charge in [-0.1, -0.05) is 13.3 Å². The molecular weight excluding hydrogens is 220 g/mol. The van der Waals surface area contributed by atoms with Gasteiger partial charge in [0.25, 0.3) is 0 Å². The lowest BCUT2D eigenvalue weighted by molar-refractivity contribution is -0.118. The van der Waals surface area contributed by atoms with Crippen LogP contribution in [0, 0.1) is 0 Å². The molecule has 0 aromatic heterocycles. The smallest absolute Gasteiger partial charge is 0.133 e. The minimum atomic E-state index is 0.281. The topological polar surface area (TPSA) is 37.3 Å². The first-order chi connectivity index (χ1) is 7.72. The summed E-state index contributed by atoms with van der Waals surface area (Å²) in [6, 6.07) is 7.08. The summed E-state index contributed by atoms with van der Waals surface area (Å²) in [6.45, 7) is 2.10. The summed E-state index contributed by atoms with van der Waals surface area (Å²) in [7, 11) is 0. The molecule has 0 bridgehead atoms. The Morgan fingerprint density at radius 2 is 1.94 bits per heavy atom. The van der Waals surface area contributed by atoms with E-state index in [1.54, 1.807) is 23.9 Å². The quantitative estimate of drug-likeness (QED) is 0.737. The predicted molar refractivity (Wildman–Crippen MR) is 68.0 cm³/mol. The van der Waals surface area contributed by atoms with Crippen molar-refractivity contribution < 1.29 is 9.90 Å². The van der Waals surface area contributed by atoms with Gasteiger partial charge in [-0.15, -0.1) is 11.8 Å². The van der Waals surface area contributed by atoms with Gasteiger partial charge >= 0.3 is 0 Å². The second kappa shape index (κ2) is 7.34. The summed E-state index contributed by atoms with van der Waals surface area (Å²) in [5.41, 5.74) is 0. The van der Waals surface area contributed by atoms with E-state index in [9.17, 15) is 4.79 Å². The Balaban J connectivity index is 2.20. The van der Waals surface area contributed by atoms with Crippen LogP contribution < -0.4 is 0 Å². The number of Topliss-reactive ketones (excluding diaryl/α,β-unsaturated/α-hetero) is 1. The monoisotopic (exact) mass is 238 g/mol. The maximum Gasteiger partial charge on any atom is 0.133 e. The fourth-order valence-electron chi connectivity index (χ4n) is 1.32. The highest BCUT2D eigenvalue weighted by atomic mass is 32.2. The van der Waals surface area contributed by atoms with Crippen molar-refractivity contribution in [3.8, 4) is 5.75 Å². The van der Waals surface area contributed by atoms with Crippen LogP contribution >= 0.6 is 11.8 Å². The highest BCUT2D eigenvalue weighted by Crippen LogP contribution is 2.21. The zero-order chi connectivity index (χ0) is 11.8. The Bertz CT molecular complexity index is 319. The molecule has 1 rings (SSSR count). The number of carbonyl (C=O) groups excluding carboxylic acids is 1. The Hall–Kier alpha value is -0.960. The number of carbonyl (C=O) groups is 1. The third kappa shape index (κ3) is 5.21. The molecule has 0 saturated heterocycles. The van der Waals surface area contributed by atoms with E-state index in [0.717, 1.165) is 23.5 Å². The van der Waals surface area contributed by atoms with E-state index in [1.807, 2.05) is 12.1 Å². The van der Waals surface area contributed by atoms with Gasteiger partial charge in [-0.05, 0) is 30.7 Å². The SMILES string of the molecule is CCCCC(=O)CCSc1ccc(O)cc1. The first-order valence-electron chi connectivity index (χ1n) is 5.66. The number of phenols is 1. The lowest BCUT2D eigenvalue weighted by atomic mass is 10.1. The second-order valence-electron chi connectivity index (χ2n) is 3.73. The van der Waals surface area contributed by atoms with Crippen LogP contribution in [0.25, 0.3) is 0 Å². The van der Waals surface area contributed by atoms with Crippen LogP contribution in [0.4, 0.5) is 0 Å². The molecule has 3 heteroatoms. The summed E-state index contributed by atoms with van der Waals surface area (Å²) < 4.78 is 0. The number of ketones is 1. The molecule has 1 aromatic rings. The van der Waals surface area contributed by atoms with Gasteiger partial charge in [0.2, 0.25) is 0 Å². The second-order valence-corrected chi connectivity index (χ2v) is 4.90. The summed E-state index contributed by atoms with van der Waals surface area (Å²) in [4.78, 5) is 12.5. The van der Waals surface area contributed by atoms with Crippen LogP contribution in [0.2, 0.25) is 0 Å². The van der Waals surface area contributed by atoms with Crippen LogP contribution in [0.5, 0.6) is 5.75 Å². The maximum atomic E-state index is 11.4. The van der Waals surface area contributed by atoms with Crippen LogP contribution in [0.15, 0.2) is 29.2 Å². The fraction of sp³-hybridized carbons (Fsp3) is 0.462. The summed E-state index contributed by atoms with van der Waals surface area (Å²) in [5, 5.41) is 9.10. The van der Waals surface area contributed by atoms with E-state index in [-0.39, 0.29) is 5.75 Å². The molecule has 88 valence electrons. The lowest BCUT2D eigenvalue weighted by Crippen LogP contribution is -1.98. The number of benzene rings is 1. The van der Waals surface area contributed by atoms with E-state index in [2.05, 4.69) is 6.92 Å². The Morgan fingerprint density at radius 3 is 2.56 bits per heavy atom. The number of rotatable bonds is 7. The van der Waals surface area contributed by atoms with E-state index < -0.39 is 0 Å². The molecule has 0 radical (unpaired) electrons. The molecule has 0 heterocycles. The number of unbranched alkanes of at least 4 members (excludes halogenated alkanes) is 1. The molecule has 0 spiro atoms. The molecule has 0 aliphatic rings. The van der Waals surface area contributed by atoms with Gasteiger partial charge in [0, 0.05) is 23.5 Å². The zero-order valence-corrected chi connectivity index (χ0v) is 10.4. The average molecular weight is 238 g/mol. The van der Waals surface area contributed by atoms with Gasteiger partial charge in [-0.3, -0.25) is 4.79 Å². The van der Waals surface area contributed by atoms with E-state index in [1.165, 1.54) is 0 Å². The maximum absolute atomic E-state index is 11.4. The van der Waals surface area contributed by atoms with Gasteiger partial charge < -0.3 is 5.11 Å². The van der Waals surface area contributed by atoms with Crippen molar-refractivity contribution in [3.05, 3.63) is 24.3 Å². The van der Waals surface area contributed by atoms with Crippen LogP contribution in [0.1, 0.15) is 32.6 Å². The molecule has 0 atom stereocenters. The molecule has 0 aliphatic heterocycles. The lowest BCUT2D eigenvalue weighted by Gasteiger charge is -2.01. The number of phenolic OH excluding ortho intramolecular Hbond substituents is 1. The third-order valence-corrected chi connectivity index (χ3v) is 3.31. The number of aromatic hydroxyl groups is 1. The molecule has 1 aromatic carbocycles. The van der Waals surface area contributed by atoms with Crippen molar-refractivity contribution in [2.45, 2.75) is 37.5 Å². The first kappa shape index (κ1) is 13.1. The molecule has 0 aliphatic carbocycles. The highest BCUT2D eigenvalue weighted by Gasteiger charge is 2.01. The van der Waals surface area contributed by atoms with E-state index in [0.29, 0.717) is 18.6 Å². The molecular formula is C13H18O2S. The van der Waals surface area contributed by atoms with Gasteiger partial charge in [0.1, 0.15) is 11.5 Å². The fourth-order valence-corrected chi connectivity index (χ4v) is 2.22. The van der Waals surface area contributed by atoms with Crippen LogP contribution in [-0.2, 0) is 4.79 Å². The third-order valence-electron chi connectivity index (χ3n) is 2.30. The molecule has 2 nitrogen and oxygen atoms in total. The van der Waals surface area contributed by atoms with Crippen molar-refractivity contribution in [1.82, 2.24) is 0 Å². The Labute approximate surface area is 101 Å². The number of hydrogen-bond acceptors (Lipinski definition) is 3. The minimum Gasteiger partial charge on any atom is -0.508 e. The minimum absolute atomic E-state index is 0.281. The number of thioether (sulfide) groups is 1. The summed E-state index contributed by atoms with van der Waals surface area (Å²) in [6.07, 6.45) is 3.44. The molecule has 0 amide bonds. The van der Waals surface area contributed by atoms with Gasteiger partial charge in [-0.2, -0.15) is 0 Å². The Morgan fingerprint density at radius 1 is 1.25 bits per heavy atom. The van der Waals surface area contributed by atoms with Crippen molar-refractivity contribution in [3.63, 3.8) is 0 Å². The summed E-state index contributed by atoms with van der Waals surface area (Å²) >= 11 is 1.66. The zero-order valence-electron chi connectivity index (χ0n) is 9.61. The van der Waals surface area contributed by atoms with Gasteiger partial charge in [0.05, 0.1) is 0 Å². The standard InChI is InChI=1S/C13H18O2S/c1-2-3-4-11(14)9-10-16-13-7-5-12(15)6-8-13/h5-8,15H,2-4,9-10H2,1H3. The highest BCUT2D eigenvalue weighted by molar-refractivity contribution is 7.99. The summed E-state index contributed by atoms with van der Waals surface area (Å²) in [5.74, 6) is 1.46. The molecule has 0 fully saturated rings. The van der Waals surface area contributed by atoms with Crippen LogP contribution in [-0.4, -0.2) is 16.6 Å². The van der Waals surface area contributed by atoms with Crippen molar-refractivity contribution in [2.24, 2.45) is 0 Å². The average Bonchev–Trinajstić information content (AvgIpc) is 2.29. The Kier molecular flexibility index (Phi) is 6.01. The van der Waals surface area contributed by atoms with Gasteiger partial charge in [-0.25, -0.2) is 0 Å². The molecule has 0 saturated carbocycles. The van der Waals surface area contributed by atoms with Crippen molar-refractivity contribution in [1.29, 1.82) is 0 Å². The van der Waals surface area contributed by atoms with E-state index >= 15 is 0 Å². The van der Waals surface area contributed by atoms with Crippen molar-refractivity contribution in [2.75, 3.05) is 5.75 Å².